The molecule has 2 rings (SSSR count). The minimum absolute atomic E-state index is 1.22. The Morgan fingerprint density at radius 3 is 1.27 bits per heavy atom. The van der Waals surface area contributed by atoms with Crippen LogP contribution >= 0.6 is 23.5 Å². The molecule has 0 aliphatic heterocycles. The summed E-state index contributed by atoms with van der Waals surface area (Å²) in [6.45, 7) is 4.49. The summed E-state index contributed by atoms with van der Waals surface area (Å²) >= 11 is 3.92. The Hall–Kier alpha value is -0.860. The zero-order valence-electron chi connectivity index (χ0n) is 13.7. The minimum atomic E-state index is 1.22. The first-order valence-electron chi connectivity index (χ1n) is 8.29. The predicted molar refractivity (Wildman–Crippen MR) is 103 cm³/mol. The number of hydrogen-bond donors (Lipinski definition) is 0. The highest BCUT2D eigenvalue weighted by atomic mass is 32.2. The highest BCUT2D eigenvalue weighted by Gasteiger charge is 2.00. The number of benzene rings is 2. The van der Waals surface area contributed by atoms with E-state index in [4.69, 9.17) is 0 Å². The lowest BCUT2D eigenvalue weighted by atomic mass is 10.1. The summed E-state index contributed by atoms with van der Waals surface area (Å²) in [5, 5.41) is 0. The Morgan fingerprint density at radius 2 is 0.955 bits per heavy atom. The lowest BCUT2D eigenvalue weighted by Gasteiger charge is -2.06. The van der Waals surface area contributed by atoms with E-state index >= 15 is 0 Å². The standard InChI is InChI=1S/C20H26S2/c1-3-5-15-21-19-11-7-17(8-12-19)18-9-13-20(14-10-18)22-16-6-4-2/h7-14H,3-6,15-16H2,1-2H3. The van der Waals surface area contributed by atoms with Gasteiger partial charge in [-0.3, -0.25) is 0 Å². The van der Waals surface area contributed by atoms with Crippen LogP contribution in [0, 0.1) is 0 Å². The molecule has 0 N–H and O–H groups in total. The van der Waals surface area contributed by atoms with Crippen LogP contribution in [0.15, 0.2) is 58.3 Å². The Kier molecular flexibility index (Phi) is 7.96. The highest BCUT2D eigenvalue weighted by Crippen LogP contribution is 2.27. The van der Waals surface area contributed by atoms with E-state index in [1.165, 1.54) is 58.1 Å². The Bertz CT molecular complexity index is 477. The second kappa shape index (κ2) is 10.0. The van der Waals surface area contributed by atoms with Crippen LogP contribution in [0.4, 0.5) is 0 Å². The van der Waals surface area contributed by atoms with Gasteiger partial charge in [-0.15, -0.1) is 23.5 Å². The minimum Gasteiger partial charge on any atom is -0.126 e. The molecule has 0 heterocycles. The molecule has 0 atom stereocenters. The lowest BCUT2D eigenvalue weighted by molar-refractivity contribution is 0.896. The number of hydrogen-bond acceptors (Lipinski definition) is 2. The van der Waals surface area contributed by atoms with Crippen LogP contribution in [-0.2, 0) is 0 Å². The molecule has 0 fully saturated rings. The van der Waals surface area contributed by atoms with Gasteiger partial charge in [-0.2, -0.15) is 0 Å². The fourth-order valence-electron chi connectivity index (χ4n) is 2.16. The molecule has 0 saturated carbocycles. The summed E-state index contributed by atoms with van der Waals surface area (Å²) in [5.41, 5.74) is 2.62. The second-order valence-electron chi connectivity index (χ2n) is 5.45. The van der Waals surface area contributed by atoms with E-state index in [-0.39, 0.29) is 0 Å². The molecule has 0 bridgehead atoms. The lowest BCUT2D eigenvalue weighted by Crippen LogP contribution is -1.82. The molecule has 0 aliphatic carbocycles. The van der Waals surface area contributed by atoms with Crippen molar-refractivity contribution in [1.82, 2.24) is 0 Å². The average Bonchev–Trinajstić information content (AvgIpc) is 2.57. The maximum Gasteiger partial charge on any atom is 0.00723 e. The maximum absolute atomic E-state index is 2.25. The van der Waals surface area contributed by atoms with Gasteiger partial charge in [-0.05, 0) is 59.7 Å². The van der Waals surface area contributed by atoms with Crippen molar-refractivity contribution in [2.45, 2.75) is 49.3 Å². The summed E-state index contributed by atoms with van der Waals surface area (Å²) in [6.07, 6.45) is 5.13. The van der Waals surface area contributed by atoms with Crippen molar-refractivity contribution >= 4 is 23.5 Å². The second-order valence-corrected chi connectivity index (χ2v) is 7.79. The summed E-state index contributed by atoms with van der Waals surface area (Å²) in [4.78, 5) is 2.76. The quantitative estimate of drug-likeness (QED) is 0.354. The van der Waals surface area contributed by atoms with Gasteiger partial charge in [0.1, 0.15) is 0 Å². The van der Waals surface area contributed by atoms with Crippen LogP contribution in [0.5, 0.6) is 0 Å². The van der Waals surface area contributed by atoms with E-state index in [0.717, 1.165) is 0 Å². The first-order chi connectivity index (χ1) is 10.8. The molecule has 0 spiro atoms. The third-order valence-corrected chi connectivity index (χ3v) is 5.77. The average molecular weight is 331 g/mol. The zero-order valence-corrected chi connectivity index (χ0v) is 15.3. The van der Waals surface area contributed by atoms with E-state index in [0.29, 0.717) is 0 Å². The van der Waals surface area contributed by atoms with Crippen molar-refractivity contribution in [2.24, 2.45) is 0 Å². The van der Waals surface area contributed by atoms with Crippen molar-refractivity contribution in [1.29, 1.82) is 0 Å². The number of thioether (sulfide) groups is 2. The van der Waals surface area contributed by atoms with E-state index in [9.17, 15) is 0 Å². The summed E-state index contributed by atoms with van der Waals surface area (Å²) in [7, 11) is 0. The summed E-state index contributed by atoms with van der Waals surface area (Å²) in [6, 6.07) is 18.0. The fourth-order valence-corrected chi connectivity index (χ4v) is 4.15. The highest BCUT2D eigenvalue weighted by molar-refractivity contribution is 7.99. The smallest absolute Gasteiger partial charge is 0.00723 e. The molecular weight excluding hydrogens is 304 g/mol. The van der Waals surface area contributed by atoms with Gasteiger partial charge in [0, 0.05) is 9.79 Å². The summed E-state index contributed by atoms with van der Waals surface area (Å²) in [5.74, 6) is 2.44. The van der Waals surface area contributed by atoms with Crippen LogP contribution in [0.1, 0.15) is 39.5 Å². The third-order valence-electron chi connectivity index (χ3n) is 3.58. The van der Waals surface area contributed by atoms with Gasteiger partial charge >= 0.3 is 0 Å². The molecule has 0 radical (unpaired) electrons. The van der Waals surface area contributed by atoms with Crippen LogP contribution in [0.25, 0.3) is 11.1 Å². The Labute approximate surface area is 144 Å². The van der Waals surface area contributed by atoms with Crippen LogP contribution in [0.2, 0.25) is 0 Å². The molecular formula is C20H26S2. The van der Waals surface area contributed by atoms with Crippen LogP contribution in [-0.4, -0.2) is 11.5 Å². The van der Waals surface area contributed by atoms with Crippen molar-refractivity contribution in [3.63, 3.8) is 0 Å². The van der Waals surface area contributed by atoms with Crippen molar-refractivity contribution in [2.75, 3.05) is 11.5 Å². The molecule has 2 aromatic carbocycles. The van der Waals surface area contributed by atoms with E-state index < -0.39 is 0 Å². The molecule has 0 amide bonds. The molecule has 0 saturated heterocycles. The normalized spacial score (nSPS) is 10.8. The topological polar surface area (TPSA) is 0 Å². The largest absolute Gasteiger partial charge is 0.126 e. The van der Waals surface area contributed by atoms with Crippen molar-refractivity contribution in [3.05, 3.63) is 48.5 Å². The number of rotatable bonds is 9. The van der Waals surface area contributed by atoms with Crippen molar-refractivity contribution < 1.29 is 0 Å². The van der Waals surface area contributed by atoms with Gasteiger partial charge in [0.2, 0.25) is 0 Å². The van der Waals surface area contributed by atoms with E-state index in [1.54, 1.807) is 0 Å². The zero-order chi connectivity index (χ0) is 15.6. The van der Waals surface area contributed by atoms with Gasteiger partial charge < -0.3 is 0 Å². The van der Waals surface area contributed by atoms with E-state index in [2.05, 4.69) is 62.4 Å². The van der Waals surface area contributed by atoms with Gasteiger partial charge in [0.05, 0.1) is 0 Å². The third kappa shape index (κ3) is 5.73. The van der Waals surface area contributed by atoms with Crippen LogP contribution < -0.4 is 0 Å². The molecule has 0 nitrogen and oxygen atoms in total. The van der Waals surface area contributed by atoms with Gasteiger partial charge in [-0.25, -0.2) is 0 Å². The number of unbranched alkanes of at least 4 members (excludes halogenated alkanes) is 2. The predicted octanol–water partition coefficient (Wildman–Crippen LogP) is 7.14. The Balaban J connectivity index is 1.93. The molecule has 22 heavy (non-hydrogen) atoms. The summed E-state index contributed by atoms with van der Waals surface area (Å²) < 4.78 is 0. The molecule has 2 aromatic rings. The SMILES string of the molecule is CCCCSc1ccc(-c2ccc(SCCCC)cc2)cc1. The Morgan fingerprint density at radius 1 is 0.591 bits per heavy atom. The van der Waals surface area contributed by atoms with Gasteiger partial charge in [0.25, 0.3) is 0 Å². The monoisotopic (exact) mass is 330 g/mol. The molecule has 2 heteroatoms. The molecule has 118 valence electrons. The maximum atomic E-state index is 2.25. The molecule has 0 unspecified atom stereocenters. The molecule has 0 aromatic heterocycles. The van der Waals surface area contributed by atoms with Crippen molar-refractivity contribution in [3.8, 4) is 11.1 Å². The van der Waals surface area contributed by atoms with E-state index in [1.807, 2.05) is 23.5 Å². The van der Waals surface area contributed by atoms with Gasteiger partial charge in [-0.1, -0.05) is 51.0 Å². The molecule has 0 aliphatic rings. The van der Waals surface area contributed by atoms with Gasteiger partial charge in [0.15, 0.2) is 0 Å². The fraction of sp³-hybridized carbons (Fsp3) is 0.400. The first kappa shape index (κ1) is 17.5. The first-order valence-corrected chi connectivity index (χ1v) is 10.3. The van der Waals surface area contributed by atoms with Crippen LogP contribution in [0.3, 0.4) is 0 Å².